The number of amides is 1. The highest BCUT2D eigenvalue weighted by Crippen LogP contribution is 2.39. The third-order valence-electron chi connectivity index (χ3n) is 6.91. The summed E-state index contributed by atoms with van der Waals surface area (Å²) in [5.74, 6) is 0.253. The smallest absolute Gasteiger partial charge is 0.225 e. The number of carbonyl (C=O) groups is 1. The zero-order chi connectivity index (χ0) is 26.1. The summed E-state index contributed by atoms with van der Waals surface area (Å²) in [7, 11) is 0. The van der Waals surface area contributed by atoms with Crippen molar-refractivity contribution in [2.75, 3.05) is 23.8 Å². The Labute approximate surface area is 222 Å². The zero-order valence-corrected chi connectivity index (χ0v) is 21.3. The van der Waals surface area contributed by atoms with Crippen molar-refractivity contribution in [1.29, 1.82) is 5.26 Å². The first-order valence-electron chi connectivity index (χ1n) is 12.0. The van der Waals surface area contributed by atoms with Crippen LogP contribution < -0.4 is 16.4 Å². The second kappa shape index (κ2) is 10.7. The van der Waals surface area contributed by atoms with Gasteiger partial charge in [-0.05, 0) is 44.2 Å². The van der Waals surface area contributed by atoms with Gasteiger partial charge in [-0.25, -0.2) is 14.4 Å². The Morgan fingerprint density at radius 2 is 1.92 bits per heavy atom. The molecule has 194 valence electrons. The average Bonchev–Trinajstić information content (AvgIpc) is 3.24. The molecule has 2 atom stereocenters. The van der Waals surface area contributed by atoms with Crippen LogP contribution in [0.25, 0.3) is 11.2 Å². The summed E-state index contributed by atoms with van der Waals surface area (Å²) in [4.78, 5) is 25.5. The number of ether oxygens (including phenoxy) is 1. The molecule has 0 radical (unpaired) electrons. The van der Waals surface area contributed by atoms with Crippen molar-refractivity contribution in [3.05, 3.63) is 33.9 Å². The maximum atomic E-state index is 14.3. The van der Waals surface area contributed by atoms with Crippen molar-refractivity contribution in [3.8, 4) is 6.07 Å². The number of primary amides is 1. The molecule has 2 aliphatic rings. The molecule has 3 heterocycles. The molecule has 0 bridgehead atoms. The highest BCUT2D eigenvalue weighted by molar-refractivity contribution is 6.39. The van der Waals surface area contributed by atoms with Crippen LogP contribution in [0, 0.1) is 17.2 Å². The summed E-state index contributed by atoms with van der Waals surface area (Å²) in [6, 6.07) is 4.56. The number of nitrogens with one attached hydrogen (secondary N) is 2. The lowest BCUT2D eigenvalue weighted by atomic mass is 9.85. The maximum absolute atomic E-state index is 14.3. The Morgan fingerprint density at radius 3 is 2.57 bits per heavy atom. The third-order valence-corrected chi connectivity index (χ3v) is 7.50. The Kier molecular flexibility index (Phi) is 7.33. The van der Waals surface area contributed by atoms with E-state index >= 15 is 0 Å². The maximum Gasteiger partial charge on any atom is 0.225 e. The van der Waals surface area contributed by atoms with E-state index in [2.05, 4.69) is 15.6 Å². The molecule has 5 rings (SSSR count). The number of anilines is 3. The summed E-state index contributed by atoms with van der Waals surface area (Å²) < 4.78 is 21.5. The van der Waals surface area contributed by atoms with Gasteiger partial charge in [0, 0.05) is 18.6 Å². The lowest BCUT2D eigenvalue weighted by molar-refractivity contribution is -0.122. The van der Waals surface area contributed by atoms with Gasteiger partial charge < -0.3 is 21.1 Å². The molecule has 1 saturated heterocycles. The first-order valence-corrected chi connectivity index (χ1v) is 12.8. The van der Waals surface area contributed by atoms with Crippen LogP contribution in [0.2, 0.25) is 10.0 Å². The molecular weight excluding hydrogens is 522 g/mol. The van der Waals surface area contributed by atoms with E-state index in [1.165, 1.54) is 12.1 Å². The molecule has 2 aromatic heterocycles. The minimum absolute atomic E-state index is 0.0289. The Morgan fingerprint density at radius 1 is 1.19 bits per heavy atom. The number of aromatic nitrogens is 4. The van der Waals surface area contributed by atoms with Crippen LogP contribution in [0.5, 0.6) is 0 Å². The molecule has 1 aromatic carbocycles. The number of carbonyl (C=O) groups excluding carboxylic acids is 1. The number of alkyl halides is 1. The van der Waals surface area contributed by atoms with Crippen LogP contribution in [-0.2, 0) is 9.53 Å². The molecule has 1 aliphatic carbocycles. The van der Waals surface area contributed by atoms with E-state index in [1.807, 2.05) is 10.6 Å². The first-order chi connectivity index (χ1) is 17.8. The molecule has 3 aromatic rings. The van der Waals surface area contributed by atoms with Crippen LogP contribution in [0.15, 0.2) is 18.3 Å². The van der Waals surface area contributed by atoms with Gasteiger partial charge in [0.1, 0.15) is 11.7 Å². The predicted molar refractivity (Wildman–Crippen MR) is 138 cm³/mol. The largest absolute Gasteiger partial charge is 0.378 e. The summed E-state index contributed by atoms with van der Waals surface area (Å²) in [5, 5.41) is 16.0. The average molecular weight is 547 g/mol. The highest BCUT2D eigenvalue weighted by atomic mass is 35.5. The number of halogens is 3. The van der Waals surface area contributed by atoms with Crippen LogP contribution >= 0.6 is 23.2 Å². The van der Waals surface area contributed by atoms with Crippen molar-refractivity contribution in [3.63, 3.8) is 0 Å². The minimum atomic E-state index is -1.17. The number of nitrogens with zero attached hydrogens (tertiary/aromatic N) is 5. The zero-order valence-electron chi connectivity index (χ0n) is 19.8. The van der Waals surface area contributed by atoms with Crippen molar-refractivity contribution in [2.45, 2.75) is 50.4 Å². The van der Waals surface area contributed by atoms with E-state index < -0.39 is 12.2 Å². The van der Waals surface area contributed by atoms with Crippen LogP contribution in [0.1, 0.15) is 43.7 Å². The van der Waals surface area contributed by atoms with E-state index in [1.54, 1.807) is 6.20 Å². The molecular formula is C24H25Cl2FN8O2. The molecule has 10 nitrogen and oxygen atoms in total. The SMILES string of the molecule is N#Cc1cc(Cl)c(Nc2nc3cnc(N[C@H]4CCOC[C@H]4F)nc3n2C2CCC(C(N)=O)CC2)c(Cl)c1. The molecule has 13 heteroatoms. The monoisotopic (exact) mass is 546 g/mol. The van der Waals surface area contributed by atoms with Crippen molar-refractivity contribution in [2.24, 2.45) is 11.7 Å². The summed E-state index contributed by atoms with van der Waals surface area (Å²) in [5.41, 5.74) is 7.34. The number of fused-ring (bicyclic) bond motifs is 1. The first kappa shape index (κ1) is 25.4. The molecule has 1 aliphatic heterocycles. The van der Waals surface area contributed by atoms with Crippen LogP contribution in [0.3, 0.4) is 0 Å². The van der Waals surface area contributed by atoms with E-state index in [0.29, 0.717) is 67.1 Å². The molecule has 0 spiro atoms. The number of hydrogen-bond donors (Lipinski definition) is 3. The molecule has 0 unspecified atom stereocenters. The van der Waals surface area contributed by atoms with Gasteiger partial charge in [0.15, 0.2) is 5.65 Å². The third kappa shape index (κ3) is 5.28. The molecule has 4 N–H and O–H groups in total. The predicted octanol–water partition coefficient (Wildman–Crippen LogP) is 4.50. The summed E-state index contributed by atoms with van der Waals surface area (Å²) >= 11 is 12.9. The minimum Gasteiger partial charge on any atom is -0.378 e. The van der Waals surface area contributed by atoms with Crippen LogP contribution in [0.4, 0.5) is 22.0 Å². The van der Waals surface area contributed by atoms with Gasteiger partial charge in [-0.1, -0.05) is 23.2 Å². The number of nitrogens with two attached hydrogens (primary N) is 1. The summed E-state index contributed by atoms with van der Waals surface area (Å²) in [6.45, 7) is 0.489. The topological polar surface area (TPSA) is 144 Å². The lowest BCUT2D eigenvalue weighted by Crippen LogP contribution is -2.39. The number of benzene rings is 1. The fourth-order valence-electron chi connectivity index (χ4n) is 4.91. The Balaban J connectivity index is 1.53. The number of imidazole rings is 1. The van der Waals surface area contributed by atoms with Crippen LogP contribution in [-0.4, -0.2) is 50.9 Å². The van der Waals surface area contributed by atoms with E-state index in [0.717, 1.165) is 0 Å². The van der Waals surface area contributed by atoms with E-state index in [9.17, 15) is 14.4 Å². The second-order valence-electron chi connectivity index (χ2n) is 9.30. The van der Waals surface area contributed by atoms with Crippen molar-refractivity contribution < 1.29 is 13.9 Å². The summed E-state index contributed by atoms with van der Waals surface area (Å²) in [6.07, 6.45) is 3.56. The van der Waals surface area contributed by atoms with Crippen molar-refractivity contribution in [1.82, 2.24) is 19.5 Å². The molecule has 1 saturated carbocycles. The highest BCUT2D eigenvalue weighted by Gasteiger charge is 2.30. The van der Waals surface area contributed by atoms with Gasteiger partial charge in [-0.3, -0.25) is 9.36 Å². The van der Waals surface area contributed by atoms with Crippen molar-refractivity contribution >= 4 is 57.9 Å². The van der Waals surface area contributed by atoms with Gasteiger partial charge >= 0.3 is 0 Å². The van der Waals surface area contributed by atoms with E-state index in [-0.39, 0.29) is 40.5 Å². The molecule has 2 fully saturated rings. The second-order valence-corrected chi connectivity index (χ2v) is 10.1. The standard InChI is InChI=1S/C24H25Cl2FN8O2/c25-15-7-12(9-28)8-16(26)20(15)33-24-32-19-10-30-23(31-18-5-6-37-11-17(18)27)34-22(19)35(24)14-3-1-13(2-4-14)21(29)36/h7-8,10,13-14,17-18H,1-6,11H2,(H2,29,36)(H,32,33)(H,30,31,34)/t13?,14?,17-,18+/m1/s1. The van der Waals surface area contributed by atoms with Gasteiger partial charge in [0.2, 0.25) is 17.8 Å². The molecule has 1 amide bonds. The lowest BCUT2D eigenvalue weighted by Gasteiger charge is -2.29. The fourth-order valence-corrected chi connectivity index (χ4v) is 5.50. The van der Waals surface area contributed by atoms with Gasteiger partial charge in [0.05, 0.1) is 46.2 Å². The number of nitriles is 1. The van der Waals surface area contributed by atoms with Gasteiger partial charge in [-0.15, -0.1) is 0 Å². The number of rotatable bonds is 6. The van der Waals surface area contributed by atoms with Gasteiger partial charge in [-0.2, -0.15) is 10.2 Å². The fraction of sp³-hybridized carbons (Fsp3) is 0.458. The normalized spacial score (nSPS) is 23.9. The number of hydrogen-bond acceptors (Lipinski definition) is 8. The molecule has 37 heavy (non-hydrogen) atoms. The Hall–Kier alpha value is -3.20. The Bertz CT molecular complexity index is 1350. The van der Waals surface area contributed by atoms with E-state index in [4.69, 9.17) is 43.6 Å². The van der Waals surface area contributed by atoms with Gasteiger partial charge in [0.25, 0.3) is 0 Å². The quantitative estimate of drug-likeness (QED) is 0.409.